The number of carbonyl (C=O) groups excluding carboxylic acids is 2. The van der Waals surface area contributed by atoms with Crippen molar-refractivity contribution in [3.8, 4) is 16.2 Å². The van der Waals surface area contributed by atoms with Gasteiger partial charge in [-0.1, -0.05) is 27.7 Å². The second kappa shape index (κ2) is 19.3. The lowest BCUT2D eigenvalue weighted by Crippen LogP contribution is -2.41. The number of hydrogen-bond donors (Lipinski definition) is 4. The summed E-state index contributed by atoms with van der Waals surface area (Å²) in [6.45, 7) is 19.0. The van der Waals surface area contributed by atoms with Crippen LogP contribution in [-0.4, -0.2) is 50.7 Å². The normalized spacial score (nSPS) is 16.4. The molecule has 0 aliphatic carbocycles. The molecular formula is C30H46N6O5S. The van der Waals surface area contributed by atoms with Gasteiger partial charge in [-0.3, -0.25) is 9.79 Å². The fourth-order valence-electron chi connectivity index (χ4n) is 3.86. The van der Waals surface area contributed by atoms with Gasteiger partial charge in [-0.25, -0.2) is 20.7 Å². The summed E-state index contributed by atoms with van der Waals surface area (Å²) in [6.07, 6.45) is 3.69. The molecule has 12 heteroatoms. The van der Waals surface area contributed by atoms with Crippen LogP contribution < -0.4 is 26.3 Å². The number of anilines is 1. The molecule has 2 amide bonds. The SMILES string of the molecule is C=N/C=C(\N=C)NONc1sc(-c2ccc(OC)cc2)cc1C(=O)NC1CCCC(C)(C)OC(=O)NCC1.CC.CC. The Labute approximate surface area is 253 Å². The molecule has 1 aliphatic rings. The average Bonchev–Trinajstić information content (AvgIpc) is 3.42. The van der Waals surface area contributed by atoms with Gasteiger partial charge in [0.2, 0.25) is 0 Å². The number of nitrogens with one attached hydrogen (secondary N) is 4. The van der Waals surface area contributed by atoms with Crippen LogP contribution in [0.15, 0.2) is 52.3 Å². The number of nitrogens with zero attached hydrogens (tertiary/aromatic N) is 2. The van der Waals surface area contributed by atoms with E-state index >= 15 is 0 Å². The largest absolute Gasteiger partial charge is 0.497 e. The molecule has 232 valence electrons. The Morgan fingerprint density at radius 2 is 1.86 bits per heavy atom. The Morgan fingerprint density at radius 3 is 2.48 bits per heavy atom. The lowest BCUT2D eigenvalue weighted by Gasteiger charge is -2.28. The number of carbonyl (C=O) groups is 2. The van der Waals surface area contributed by atoms with Gasteiger partial charge < -0.3 is 20.1 Å². The number of cyclic esters (lactones) is 1. The summed E-state index contributed by atoms with van der Waals surface area (Å²) in [6, 6.07) is 9.22. The summed E-state index contributed by atoms with van der Waals surface area (Å²) in [5.74, 6) is 0.708. The first-order valence-electron chi connectivity index (χ1n) is 14.1. The first-order chi connectivity index (χ1) is 20.2. The molecule has 11 nitrogen and oxygen atoms in total. The van der Waals surface area contributed by atoms with Gasteiger partial charge in [0.15, 0.2) is 5.82 Å². The van der Waals surface area contributed by atoms with E-state index in [1.54, 1.807) is 13.2 Å². The lowest BCUT2D eigenvalue weighted by atomic mass is 9.97. The van der Waals surface area contributed by atoms with Crippen LogP contribution in [0.4, 0.5) is 9.80 Å². The molecule has 3 rings (SSSR count). The Balaban J connectivity index is 0.00000211. The Kier molecular flexibility index (Phi) is 16.6. The highest BCUT2D eigenvalue weighted by Crippen LogP contribution is 2.36. The Hall–Kier alpha value is -3.90. The third-order valence-electron chi connectivity index (χ3n) is 5.83. The van der Waals surface area contributed by atoms with E-state index in [2.05, 4.69) is 45.0 Å². The predicted octanol–water partition coefficient (Wildman–Crippen LogP) is 6.70. The number of hydrogen-bond acceptors (Lipinski definition) is 10. The van der Waals surface area contributed by atoms with Gasteiger partial charge in [0.25, 0.3) is 5.91 Å². The fourth-order valence-corrected chi connectivity index (χ4v) is 4.85. The zero-order valence-corrected chi connectivity index (χ0v) is 26.7. The second-order valence-electron chi connectivity index (χ2n) is 9.17. The van der Waals surface area contributed by atoms with Gasteiger partial charge in [-0.05, 0) is 88.9 Å². The lowest BCUT2D eigenvalue weighted by molar-refractivity contribution is 0.0287. The molecule has 0 saturated carbocycles. The second-order valence-corrected chi connectivity index (χ2v) is 10.2. The number of amides is 2. The Morgan fingerprint density at radius 1 is 1.17 bits per heavy atom. The minimum atomic E-state index is -0.577. The molecule has 1 atom stereocenters. The number of methoxy groups -OCH3 is 1. The maximum Gasteiger partial charge on any atom is 0.407 e. The molecule has 1 aliphatic heterocycles. The van der Waals surface area contributed by atoms with E-state index < -0.39 is 11.7 Å². The molecule has 1 aromatic carbocycles. The first kappa shape index (κ1) is 36.1. The first-order valence-corrected chi connectivity index (χ1v) is 14.9. The molecule has 4 N–H and O–H groups in total. The van der Waals surface area contributed by atoms with Crippen molar-refractivity contribution in [2.75, 3.05) is 19.1 Å². The molecule has 1 unspecified atom stereocenters. The van der Waals surface area contributed by atoms with Gasteiger partial charge >= 0.3 is 6.09 Å². The van der Waals surface area contributed by atoms with Crippen molar-refractivity contribution in [3.63, 3.8) is 0 Å². The van der Waals surface area contributed by atoms with Gasteiger partial charge in [0.05, 0.1) is 18.9 Å². The zero-order chi connectivity index (χ0) is 31.5. The summed E-state index contributed by atoms with van der Waals surface area (Å²) < 4.78 is 10.7. The van der Waals surface area contributed by atoms with Crippen molar-refractivity contribution in [3.05, 3.63) is 47.9 Å². The summed E-state index contributed by atoms with van der Waals surface area (Å²) in [7, 11) is 1.61. The molecule has 1 fully saturated rings. The molecule has 0 radical (unpaired) electrons. The van der Waals surface area contributed by atoms with Crippen LogP contribution in [0.2, 0.25) is 0 Å². The number of ether oxygens (including phenoxy) is 2. The molecule has 2 heterocycles. The van der Waals surface area contributed by atoms with Crippen molar-refractivity contribution in [2.24, 2.45) is 9.98 Å². The fraction of sp³-hybridized carbons (Fsp3) is 0.467. The van der Waals surface area contributed by atoms with Crippen LogP contribution in [0.25, 0.3) is 10.4 Å². The van der Waals surface area contributed by atoms with Crippen molar-refractivity contribution in [1.82, 2.24) is 16.1 Å². The smallest absolute Gasteiger partial charge is 0.407 e. The quantitative estimate of drug-likeness (QED) is 0.176. The highest BCUT2D eigenvalue weighted by Gasteiger charge is 2.26. The van der Waals surface area contributed by atoms with Gasteiger partial charge in [0, 0.05) is 17.5 Å². The summed E-state index contributed by atoms with van der Waals surface area (Å²) in [5, 5.41) is 6.37. The summed E-state index contributed by atoms with van der Waals surface area (Å²) in [4.78, 5) is 39.0. The average molecular weight is 603 g/mol. The molecule has 0 bridgehead atoms. The van der Waals surface area contributed by atoms with Crippen LogP contribution in [0.3, 0.4) is 0 Å². The van der Waals surface area contributed by atoms with Crippen molar-refractivity contribution >= 4 is 41.8 Å². The van der Waals surface area contributed by atoms with Crippen molar-refractivity contribution in [2.45, 2.75) is 78.9 Å². The molecule has 0 spiro atoms. The summed E-state index contributed by atoms with van der Waals surface area (Å²) >= 11 is 1.35. The van der Waals surface area contributed by atoms with Crippen LogP contribution in [0.5, 0.6) is 5.75 Å². The van der Waals surface area contributed by atoms with E-state index in [0.29, 0.717) is 30.0 Å². The van der Waals surface area contributed by atoms with E-state index in [4.69, 9.17) is 14.4 Å². The molecule has 2 aromatic rings. The monoisotopic (exact) mass is 602 g/mol. The molecule has 42 heavy (non-hydrogen) atoms. The third kappa shape index (κ3) is 11.9. The maximum atomic E-state index is 13.5. The van der Waals surface area contributed by atoms with Crippen LogP contribution in [0.1, 0.15) is 77.6 Å². The Bertz CT molecular complexity index is 1160. The molecular weight excluding hydrogens is 556 g/mol. The van der Waals surface area contributed by atoms with Crippen molar-refractivity contribution in [1.29, 1.82) is 0 Å². The van der Waals surface area contributed by atoms with Gasteiger partial charge in [0.1, 0.15) is 16.4 Å². The maximum absolute atomic E-state index is 13.5. The molecule has 1 saturated heterocycles. The topological polar surface area (TPSA) is 135 Å². The number of alkyl carbamates (subject to hydrolysis) is 1. The highest BCUT2D eigenvalue weighted by atomic mass is 32.1. The third-order valence-corrected chi connectivity index (χ3v) is 6.91. The van der Waals surface area contributed by atoms with E-state index in [1.807, 2.05) is 65.8 Å². The number of rotatable bonds is 10. The molecule has 1 aromatic heterocycles. The number of aliphatic imine (C=N–C) groups is 2. The van der Waals surface area contributed by atoms with E-state index in [1.165, 1.54) is 17.5 Å². The predicted molar refractivity (Wildman–Crippen MR) is 172 cm³/mol. The van der Waals surface area contributed by atoms with Crippen molar-refractivity contribution < 1.29 is 24.0 Å². The number of thiophene rings is 1. The minimum absolute atomic E-state index is 0.133. The van der Waals surface area contributed by atoms with Gasteiger partial charge in [-0.15, -0.1) is 11.3 Å². The van der Waals surface area contributed by atoms with E-state index in [0.717, 1.165) is 29.0 Å². The van der Waals surface area contributed by atoms with Crippen LogP contribution in [0, 0.1) is 0 Å². The van der Waals surface area contributed by atoms with E-state index in [-0.39, 0.29) is 17.8 Å². The number of benzene rings is 1. The number of hydroxylamine groups is 1. The summed E-state index contributed by atoms with van der Waals surface area (Å²) in [5.41, 5.74) is 6.09. The van der Waals surface area contributed by atoms with Crippen LogP contribution in [-0.2, 0) is 9.68 Å². The minimum Gasteiger partial charge on any atom is -0.497 e. The van der Waals surface area contributed by atoms with Crippen LogP contribution >= 0.6 is 11.3 Å². The van der Waals surface area contributed by atoms with E-state index in [9.17, 15) is 9.59 Å². The highest BCUT2D eigenvalue weighted by molar-refractivity contribution is 7.19. The van der Waals surface area contributed by atoms with Gasteiger partial charge in [-0.2, -0.15) is 4.94 Å². The zero-order valence-electron chi connectivity index (χ0n) is 25.8. The standard InChI is InChI=1S/C26H34N6O5S.2C2H6/c1-26(2)13-6-7-18(12-14-29-25(34)36-26)30-23(33)20-15-21(17-8-10-19(35-5)11-9-17)38-24(20)32-37-31-22(28-4)16-27-3;2*1-2/h8-11,15-16,18,31-32H,3-4,6-7,12-14H2,1-2,5H3,(H,29,34)(H,30,33);2*1-2H3/b22-16+;;.